The van der Waals surface area contributed by atoms with Crippen LogP contribution in [0, 0.1) is 5.41 Å². The Morgan fingerprint density at radius 3 is 2.20 bits per heavy atom. The summed E-state index contributed by atoms with van der Waals surface area (Å²) < 4.78 is 34.5. The van der Waals surface area contributed by atoms with Crippen LogP contribution in [-0.2, 0) is 26.0 Å². The molecule has 41 heavy (non-hydrogen) atoms. The third kappa shape index (κ3) is 5.94. The minimum Gasteiger partial charge on any atom is -0.480 e. The fourth-order valence-electron chi connectivity index (χ4n) is 5.23. The summed E-state index contributed by atoms with van der Waals surface area (Å²) in [6.45, 7) is 8.50. The molecule has 0 radical (unpaired) electrons. The van der Waals surface area contributed by atoms with Crippen molar-refractivity contribution in [1.29, 1.82) is 0 Å². The summed E-state index contributed by atoms with van der Waals surface area (Å²) in [5.74, 6) is 0.187. The molecular weight excluding hydrogens is 589 g/mol. The van der Waals surface area contributed by atoms with Gasteiger partial charge in [0.15, 0.2) is 11.6 Å². The predicted octanol–water partition coefficient (Wildman–Crippen LogP) is 5.01. The number of aliphatic carboxylic acids is 1. The summed E-state index contributed by atoms with van der Waals surface area (Å²) in [4.78, 5) is 16.5. The molecule has 1 saturated heterocycles. The Kier molecular flexibility index (Phi) is 8.08. The van der Waals surface area contributed by atoms with E-state index < -0.39 is 27.4 Å². The number of ether oxygens (including phenoxy) is 1. The summed E-state index contributed by atoms with van der Waals surface area (Å²) in [5, 5.41) is 19.4. The Balaban J connectivity index is 1.53. The molecule has 0 spiro atoms. The first-order valence-corrected chi connectivity index (χ1v) is 15.4. The molecule has 13 heteroatoms. The van der Waals surface area contributed by atoms with Gasteiger partial charge in [-0.3, -0.25) is 4.31 Å². The smallest absolute Gasteiger partial charge is 0.328 e. The first-order chi connectivity index (χ1) is 19.4. The molecule has 3 aromatic rings. The molecular formula is C28H31Cl2N5O5S. The van der Waals surface area contributed by atoms with Crippen LogP contribution in [0.3, 0.4) is 0 Å². The summed E-state index contributed by atoms with van der Waals surface area (Å²) in [7, 11) is -4.39. The van der Waals surface area contributed by atoms with Gasteiger partial charge >= 0.3 is 5.97 Å². The van der Waals surface area contributed by atoms with Crippen LogP contribution < -0.4 is 14.1 Å². The van der Waals surface area contributed by atoms with Gasteiger partial charge in [0, 0.05) is 35.4 Å². The number of nitrogens with zero attached hydrogens (tertiary/aromatic N) is 5. The number of halogens is 2. The molecule has 5 rings (SSSR count). The van der Waals surface area contributed by atoms with E-state index in [1.54, 1.807) is 39.0 Å². The third-order valence-electron chi connectivity index (χ3n) is 7.14. The Labute approximate surface area is 249 Å². The van der Waals surface area contributed by atoms with E-state index in [2.05, 4.69) is 15.1 Å². The number of benzene rings is 2. The van der Waals surface area contributed by atoms with Crippen LogP contribution in [0.2, 0.25) is 10.0 Å². The highest BCUT2D eigenvalue weighted by Crippen LogP contribution is 2.40. The standard InChI is InChI=1S/C28H31Cl2N5O5S/c1-28(2,3)26(27(36)37)35(41(38,39)22-16-19(29)15-20(30)17-22)21-4-5-23-18(14-21)8-9-34(23)25-7-6-24(31-32-25)33-10-12-40-13-11-33/h4-7,14-17,26H,8-13H2,1-3H3,(H,36,37). The van der Waals surface area contributed by atoms with Gasteiger partial charge in [-0.1, -0.05) is 44.0 Å². The van der Waals surface area contributed by atoms with E-state index in [-0.39, 0.29) is 20.6 Å². The van der Waals surface area contributed by atoms with Gasteiger partial charge in [0.1, 0.15) is 6.04 Å². The van der Waals surface area contributed by atoms with Gasteiger partial charge in [0.2, 0.25) is 0 Å². The molecule has 0 bridgehead atoms. The van der Waals surface area contributed by atoms with Crippen molar-refractivity contribution < 1.29 is 23.1 Å². The number of carbonyl (C=O) groups is 1. The second kappa shape index (κ2) is 11.3. The zero-order chi connectivity index (χ0) is 29.5. The quantitative estimate of drug-likeness (QED) is 0.389. The first kappa shape index (κ1) is 29.4. The van der Waals surface area contributed by atoms with E-state index in [9.17, 15) is 18.3 Å². The van der Waals surface area contributed by atoms with Gasteiger partial charge in [0.05, 0.1) is 23.8 Å². The summed E-state index contributed by atoms with van der Waals surface area (Å²) in [5.41, 5.74) is 0.999. The van der Waals surface area contributed by atoms with Crippen molar-refractivity contribution in [3.63, 3.8) is 0 Å². The van der Waals surface area contributed by atoms with Crippen molar-refractivity contribution in [3.05, 3.63) is 64.1 Å². The van der Waals surface area contributed by atoms with Crippen LogP contribution >= 0.6 is 23.2 Å². The SMILES string of the molecule is CC(C)(C)C(C(=O)O)N(c1ccc2c(c1)CCN2c1ccc(N2CCOCC2)nn1)S(=O)(=O)c1cc(Cl)cc(Cl)c1. The third-order valence-corrected chi connectivity index (χ3v) is 9.35. The fraction of sp³-hybridized carbons (Fsp3) is 0.393. The van der Waals surface area contributed by atoms with Crippen LogP contribution in [-0.4, -0.2) is 68.6 Å². The molecule has 0 amide bonds. The summed E-state index contributed by atoms with van der Waals surface area (Å²) in [6.07, 6.45) is 0.611. The molecule has 1 atom stereocenters. The molecule has 10 nitrogen and oxygen atoms in total. The number of anilines is 4. The molecule has 3 heterocycles. The van der Waals surface area contributed by atoms with Crippen LogP contribution in [0.15, 0.2) is 53.4 Å². The van der Waals surface area contributed by atoms with Gasteiger partial charge in [-0.05, 0) is 65.9 Å². The van der Waals surface area contributed by atoms with Crippen molar-refractivity contribution in [3.8, 4) is 0 Å². The highest BCUT2D eigenvalue weighted by molar-refractivity contribution is 7.93. The van der Waals surface area contributed by atoms with Crippen molar-refractivity contribution >= 4 is 62.2 Å². The average Bonchev–Trinajstić information content (AvgIpc) is 3.34. The number of rotatable bonds is 7. The Hall–Kier alpha value is -3.12. The number of morpholine rings is 1. The topological polar surface area (TPSA) is 116 Å². The lowest BCUT2D eigenvalue weighted by atomic mass is 9.86. The van der Waals surface area contributed by atoms with Gasteiger partial charge < -0.3 is 19.6 Å². The lowest BCUT2D eigenvalue weighted by molar-refractivity contribution is -0.140. The zero-order valence-electron chi connectivity index (χ0n) is 22.9. The maximum atomic E-state index is 14.1. The van der Waals surface area contributed by atoms with E-state index in [1.165, 1.54) is 18.2 Å². The monoisotopic (exact) mass is 619 g/mol. The minimum absolute atomic E-state index is 0.129. The van der Waals surface area contributed by atoms with E-state index >= 15 is 0 Å². The number of fused-ring (bicyclic) bond motifs is 1. The number of hydrogen-bond donors (Lipinski definition) is 1. The summed E-state index contributed by atoms with van der Waals surface area (Å²) >= 11 is 12.3. The number of hydrogen-bond acceptors (Lipinski definition) is 8. The second-order valence-corrected chi connectivity index (χ2v) is 13.8. The van der Waals surface area contributed by atoms with Gasteiger partial charge in [0.25, 0.3) is 10.0 Å². The highest BCUT2D eigenvalue weighted by atomic mass is 35.5. The molecule has 1 aromatic heterocycles. The normalized spacial score (nSPS) is 16.4. The van der Waals surface area contributed by atoms with Crippen LogP contribution in [0.25, 0.3) is 0 Å². The molecule has 1 N–H and O–H groups in total. The number of carboxylic acid groups (broad SMARTS) is 1. The average molecular weight is 621 g/mol. The largest absolute Gasteiger partial charge is 0.480 e. The Morgan fingerprint density at radius 2 is 1.61 bits per heavy atom. The number of aromatic nitrogens is 2. The molecule has 2 aliphatic heterocycles. The van der Waals surface area contributed by atoms with E-state index in [4.69, 9.17) is 27.9 Å². The van der Waals surface area contributed by atoms with Crippen LogP contribution in [0.4, 0.5) is 23.0 Å². The lowest BCUT2D eigenvalue weighted by Gasteiger charge is -2.38. The Morgan fingerprint density at radius 1 is 0.976 bits per heavy atom. The highest BCUT2D eigenvalue weighted by Gasteiger charge is 2.44. The van der Waals surface area contributed by atoms with Crippen LogP contribution in [0.5, 0.6) is 0 Å². The number of sulfonamides is 1. The fourth-order valence-corrected chi connectivity index (χ4v) is 7.74. The molecule has 2 aromatic carbocycles. The number of carboxylic acids is 1. The molecule has 1 unspecified atom stereocenters. The van der Waals surface area contributed by atoms with Crippen molar-refractivity contribution in [2.75, 3.05) is 47.0 Å². The molecule has 1 fully saturated rings. The van der Waals surface area contributed by atoms with E-state index in [0.29, 0.717) is 32.0 Å². The maximum absolute atomic E-state index is 14.1. The lowest BCUT2D eigenvalue weighted by Crippen LogP contribution is -2.52. The first-order valence-electron chi connectivity index (χ1n) is 13.2. The molecule has 218 valence electrons. The van der Waals surface area contributed by atoms with Crippen LogP contribution in [0.1, 0.15) is 26.3 Å². The van der Waals surface area contributed by atoms with Crippen molar-refractivity contribution in [1.82, 2.24) is 10.2 Å². The molecule has 0 aliphatic carbocycles. The second-order valence-electron chi connectivity index (χ2n) is 11.1. The van der Waals surface area contributed by atoms with E-state index in [0.717, 1.165) is 34.5 Å². The Bertz CT molecular complexity index is 1540. The van der Waals surface area contributed by atoms with Crippen molar-refractivity contribution in [2.24, 2.45) is 5.41 Å². The van der Waals surface area contributed by atoms with Gasteiger partial charge in [-0.2, -0.15) is 0 Å². The zero-order valence-corrected chi connectivity index (χ0v) is 25.2. The minimum atomic E-state index is -4.39. The maximum Gasteiger partial charge on any atom is 0.328 e. The van der Waals surface area contributed by atoms with E-state index in [1.807, 2.05) is 17.0 Å². The predicted molar refractivity (Wildman–Crippen MR) is 159 cm³/mol. The summed E-state index contributed by atoms with van der Waals surface area (Å²) in [6, 6.07) is 11.5. The van der Waals surface area contributed by atoms with Crippen molar-refractivity contribution in [2.45, 2.75) is 38.1 Å². The molecule has 2 aliphatic rings. The molecule has 0 saturated carbocycles. The van der Waals surface area contributed by atoms with Gasteiger partial charge in [-0.25, -0.2) is 13.2 Å². The van der Waals surface area contributed by atoms with Gasteiger partial charge in [-0.15, -0.1) is 10.2 Å².